The van der Waals surface area contributed by atoms with Crippen molar-refractivity contribution in [2.24, 2.45) is 0 Å². The predicted octanol–water partition coefficient (Wildman–Crippen LogP) is -2.53. The minimum Gasteiger partial charge on any atom is -0.473 e. The Balaban J connectivity index is -0.0000000536. The van der Waals surface area contributed by atoms with Gasteiger partial charge in [0.15, 0.2) is 0 Å². The van der Waals surface area contributed by atoms with Crippen molar-refractivity contribution in [3.8, 4) is 0 Å². The Hall–Kier alpha value is -0.0112. The van der Waals surface area contributed by atoms with Crippen LogP contribution in [-0.2, 0) is 28.8 Å². The van der Waals surface area contributed by atoms with E-state index >= 15 is 0 Å². The van der Waals surface area contributed by atoms with Crippen LogP contribution in [0, 0.1) is 98.8 Å². The van der Waals surface area contributed by atoms with E-state index in [1.807, 2.05) is 0 Å². The Labute approximate surface area is 190 Å². The molecule has 0 unspecified atom stereocenters. The average molecular weight is 574 g/mol. The van der Waals surface area contributed by atoms with Gasteiger partial charge in [-0.2, -0.15) is 0 Å². The number of carbonyl (C=O) groups is 6. The van der Waals surface area contributed by atoms with Crippen molar-refractivity contribution in [1.29, 1.82) is 0 Å². The average Bonchev–Trinajstić information content (AvgIpc) is 2.18. The summed E-state index contributed by atoms with van der Waals surface area (Å²) in [5, 5.41) is 44.3. The summed E-state index contributed by atoms with van der Waals surface area (Å²) in [5.74, 6) is -10.9. The molecule has 12 nitrogen and oxygen atoms in total. The van der Waals surface area contributed by atoms with E-state index in [0.29, 0.717) is 0 Å². The Morgan fingerprint density at radius 1 is 0.350 bits per heavy atom. The molecule has 0 aliphatic rings. The summed E-state index contributed by atoms with van der Waals surface area (Å²) < 4.78 is 0. The Bertz CT molecular complexity index is 281. The molecule has 0 aromatic carbocycles. The van der Waals surface area contributed by atoms with E-state index in [4.69, 9.17) is 59.4 Å². The van der Waals surface area contributed by atoms with Crippen LogP contribution in [0.3, 0.4) is 0 Å². The molecule has 0 spiro atoms. The zero-order valence-corrected chi connectivity index (χ0v) is 13.7. The molecular weight excluding hydrogens is 568 g/mol. The van der Waals surface area contributed by atoms with Crippen molar-refractivity contribution >= 4 is 35.8 Å². The Kier molecular flexibility index (Phi) is 30.5. The van der Waals surface area contributed by atoms with Crippen LogP contribution in [0.2, 0.25) is 0 Å². The first kappa shape index (κ1) is 32.1. The van der Waals surface area contributed by atoms with E-state index < -0.39 is 35.8 Å². The minimum absolute atomic E-state index is 0. The molecule has 2 radical (unpaired) electrons. The third-order valence-electron chi connectivity index (χ3n) is 0.549. The number of aliphatic carboxylic acids is 6. The van der Waals surface area contributed by atoms with Gasteiger partial charge in [-0.1, -0.05) is 0 Å². The number of carboxylic acid groups (broad SMARTS) is 6. The van der Waals surface area contributed by atoms with Crippen molar-refractivity contribution in [2.45, 2.75) is 0 Å². The maximum atomic E-state index is 9.10. The number of carboxylic acids is 6. The monoisotopic (exact) mass is 576 g/mol. The summed E-state index contributed by atoms with van der Waals surface area (Å²) in [6.07, 6.45) is 0. The minimum atomic E-state index is -1.82. The molecule has 14 heteroatoms. The maximum Gasteiger partial charge on any atom is 0.414 e. The summed E-state index contributed by atoms with van der Waals surface area (Å²) >= 11 is 0. The SMILES string of the molecule is O=C(O)C(=O)O.O=C(O)C(=O)O.O=C(O)C(=O)O.[Eu].[Eu]. The molecule has 0 fully saturated rings. The van der Waals surface area contributed by atoms with Gasteiger partial charge in [0.05, 0.1) is 0 Å². The van der Waals surface area contributed by atoms with E-state index in [2.05, 4.69) is 0 Å². The Morgan fingerprint density at radius 2 is 0.400 bits per heavy atom. The van der Waals surface area contributed by atoms with E-state index in [1.165, 1.54) is 0 Å². The van der Waals surface area contributed by atoms with Crippen molar-refractivity contribution in [3.63, 3.8) is 0 Å². The molecule has 0 aromatic rings. The van der Waals surface area contributed by atoms with Crippen LogP contribution in [0.1, 0.15) is 0 Å². The second kappa shape index (κ2) is 19.0. The normalized spacial score (nSPS) is 6.60. The summed E-state index contributed by atoms with van der Waals surface area (Å²) in [6.45, 7) is 0. The molecule has 0 atom stereocenters. The zero-order valence-electron chi connectivity index (χ0n) is 8.89. The zero-order chi connectivity index (χ0) is 15.5. The first-order valence-corrected chi connectivity index (χ1v) is 3.32. The van der Waals surface area contributed by atoms with Gasteiger partial charge < -0.3 is 30.6 Å². The summed E-state index contributed by atoms with van der Waals surface area (Å²) in [6, 6.07) is 0. The van der Waals surface area contributed by atoms with Gasteiger partial charge in [0, 0.05) is 98.8 Å². The van der Waals surface area contributed by atoms with Crippen LogP contribution >= 0.6 is 0 Å². The van der Waals surface area contributed by atoms with Crippen LogP contribution in [0.25, 0.3) is 0 Å². The fourth-order valence-corrected chi connectivity index (χ4v) is 0. The largest absolute Gasteiger partial charge is 0.473 e. The summed E-state index contributed by atoms with van der Waals surface area (Å²) in [4.78, 5) is 54.6. The molecule has 0 aliphatic heterocycles. The van der Waals surface area contributed by atoms with Crippen LogP contribution in [0.4, 0.5) is 0 Å². The number of hydrogen-bond donors (Lipinski definition) is 6. The predicted molar refractivity (Wildman–Crippen MR) is 45.8 cm³/mol. The molecule has 0 bridgehead atoms. The van der Waals surface area contributed by atoms with Gasteiger partial charge >= 0.3 is 35.8 Å². The second-order valence-corrected chi connectivity index (χ2v) is 1.83. The van der Waals surface area contributed by atoms with Crippen LogP contribution in [-0.4, -0.2) is 66.5 Å². The van der Waals surface area contributed by atoms with Gasteiger partial charge in [0.25, 0.3) is 0 Å². The molecule has 0 saturated carbocycles. The fourth-order valence-electron chi connectivity index (χ4n) is 0. The summed E-state index contributed by atoms with van der Waals surface area (Å²) in [7, 11) is 0. The molecule has 116 valence electrons. The standard InChI is InChI=1S/3C2H2O4.2Eu/c3*3-1(4)2(5)6;;/h3*(H,3,4)(H,5,6);;. The molecule has 6 N–H and O–H groups in total. The molecule has 20 heavy (non-hydrogen) atoms. The molecule has 0 aliphatic carbocycles. The van der Waals surface area contributed by atoms with Gasteiger partial charge in [-0.15, -0.1) is 0 Å². The molecule has 0 amide bonds. The maximum absolute atomic E-state index is 9.10. The van der Waals surface area contributed by atoms with Crippen LogP contribution < -0.4 is 0 Å². The van der Waals surface area contributed by atoms with Crippen LogP contribution in [0.5, 0.6) is 0 Å². The third kappa shape index (κ3) is 36.1. The van der Waals surface area contributed by atoms with E-state index in [0.717, 1.165) is 0 Å². The van der Waals surface area contributed by atoms with Gasteiger partial charge in [0.1, 0.15) is 0 Å². The quantitative estimate of drug-likeness (QED) is 0.165. The van der Waals surface area contributed by atoms with E-state index in [9.17, 15) is 0 Å². The van der Waals surface area contributed by atoms with Gasteiger partial charge in [-0.05, 0) is 0 Å². The van der Waals surface area contributed by atoms with Crippen molar-refractivity contribution < 1.29 is 158 Å². The number of rotatable bonds is 0. The molecule has 0 heterocycles. The topological polar surface area (TPSA) is 224 Å². The first-order chi connectivity index (χ1) is 7.93. The van der Waals surface area contributed by atoms with Crippen LogP contribution in [0.15, 0.2) is 0 Å². The summed E-state index contributed by atoms with van der Waals surface area (Å²) in [5.41, 5.74) is 0. The second-order valence-electron chi connectivity index (χ2n) is 1.83. The molecule has 0 saturated heterocycles. The van der Waals surface area contributed by atoms with Crippen molar-refractivity contribution in [3.05, 3.63) is 0 Å². The molecule has 0 aromatic heterocycles. The smallest absolute Gasteiger partial charge is 0.414 e. The van der Waals surface area contributed by atoms with Gasteiger partial charge in [-0.3, -0.25) is 0 Å². The van der Waals surface area contributed by atoms with Crippen molar-refractivity contribution in [1.82, 2.24) is 0 Å². The molecule has 0 rings (SSSR count). The number of hydrogen-bond acceptors (Lipinski definition) is 6. The Morgan fingerprint density at radius 3 is 0.400 bits per heavy atom. The van der Waals surface area contributed by atoms with Gasteiger partial charge in [0.2, 0.25) is 0 Å². The molecular formula is C6H6Eu2O12. The third-order valence-corrected chi connectivity index (χ3v) is 0.549. The van der Waals surface area contributed by atoms with E-state index in [-0.39, 0.29) is 98.8 Å². The first-order valence-electron chi connectivity index (χ1n) is 3.32. The van der Waals surface area contributed by atoms with Crippen molar-refractivity contribution in [2.75, 3.05) is 0 Å². The van der Waals surface area contributed by atoms with E-state index in [1.54, 1.807) is 0 Å². The fraction of sp³-hybridized carbons (Fsp3) is 0. The van der Waals surface area contributed by atoms with Gasteiger partial charge in [-0.25, -0.2) is 28.8 Å².